The van der Waals surface area contributed by atoms with E-state index >= 15 is 0 Å². The van der Waals surface area contributed by atoms with Gasteiger partial charge in [-0.25, -0.2) is 18.2 Å². The molecule has 1 heterocycles. The molecule has 4 rings (SSSR count). The normalized spacial score (nSPS) is 12.6. The van der Waals surface area contributed by atoms with Crippen molar-refractivity contribution in [1.29, 1.82) is 0 Å². The molecular formula is C20H17F3N4O2S. The molecule has 4 aromatic rings. The third-order valence-corrected chi connectivity index (χ3v) is 5.77. The highest BCUT2D eigenvalue weighted by Crippen LogP contribution is 2.38. The van der Waals surface area contributed by atoms with Crippen LogP contribution in [0.4, 0.5) is 18.9 Å². The molecule has 1 aromatic heterocycles. The van der Waals surface area contributed by atoms with Crippen LogP contribution in [0.25, 0.3) is 27.4 Å². The molecule has 30 heavy (non-hydrogen) atoms. The van der Waals surface area contributed by atoms with Gasteiger partial charge < -0.3 is 4.90 Å². The van der Waals surface area contributed by atoms with Gasteiger partial charge in [0.05, 0.1) is 16.1 Å². The maximum atomic E-state index is 13.7. The summed E-state index contributed by atoms with van der Waals surface area (Å²) in [5.41, 5.74) is 0.466. The SMILES string of the molecule is CN(C)c1ccc2c(ccc3c(C(F)(F)F)nn(-c4ccc(S(N)(=O)=O)cc4)c32)c1. The van der Waals surface area contributed by atoms with Gasteiger partial charge in [-0.1, -0.05) is 12.1 Å². The Balaban J connectivity index is 2.04. The Hall–Kier alpha value is -3.11. The number of benzene rings is 3. The number of sulfonamides is 1. The van der Waals surface area contributed by atoms with Crippen molar-refractivity contribution in [3.05, 3.63) is 60.3 Å². The van der Waals surface area contributed by atoms with Crippen molar-refractivity contribution < 1.29 is 21.6 Å². The minimum absolute atomic E-state index is 0.0388. The van der Waals surface area contributed by atoms with Crippen LogP contribution in [0.15, 0.2) is 59.5 Å². The van der Waals surface area contributed by atoms with E-state index in [2.05, 4.69) is 5.10 Å². The van der Waals surface area contributed by atoms with Gasteiger partial charge in [0.2, 0.25) is 10.0 Å². The van der Waals surface area contributed by atoms with E-state index in [-0.39, 0.29) is 21.5 Å². The third-order valence-electron chi connectivity index (χ3n) is 4.84. The molecule has 2 N–H and O–H groups in total. The van der Waals surface area contributed by atoms with Gasteiger partial charge in [0, 0.05) is 30.6 Å². The summed E-state index contributed by atoms with van der Waals surface area (Å²) < 4.78 is 65.1. The Morgan fingerprint density at radius 3 is 2.17 bits per heavy atom. The average molecular weight is 434 g/mol. The van der Waals surface area contributed by atoms with Crippen LogP contribution < -0.4 is 10.0 Å². The van der Waals surface area contributed by atoms with E-state index in [4.69, 9.17) is 5.14 Å². The van der Waals surface area contributed by atoms with Crippen molar-refractivity contribution in [3.8, 4) is 5.69 Å². The van der Waals surface area contributed by atoms with Crippen LogP contribution in [-0.2, 0) is 16.2 Å². The second-order valence-corrected chi connectivity index (χ2v) is 8.62. The fourth-order valence-electron chi connectivity index (χ4n) is 3.38. The lowest BCUT2D eigenvalue weighted by Gasteiger charge is -2.14. The molecule has 10 heteroatoms. The smallest absolute Gasteiger partial charge is 0.378 e. The summed E-state index contributed by atoms with van der Waals surface area (Å²) in [7, 11) is -0.177. The molecule has 6 nitrogen and oxygen atoms in total. The zero-order valence-electron chi connectivity index (χ0n) is 16.0. The summed E-state index contributed by atoms with van der Waals surface area (Å²) in [5.74, 6) is 0. The molecule has 0 bridgehead atoms. The number of hydrogen-bond donors (Lipinski definition) is 1. The molecule has 0 radical (unpaired) electrons. The van der Waals surface area contributed by atoms with Crippen LogP contribution in [0.5, 0.6) is 0 Å². The van der Waals surface area contributed by atoms with Crippen LogP contribution in [0.3, 0.4) is 0 Å². The van der Waals surface area contributed by atoms with Gasteiger partial charge in [0.15, 0.2) is 5.69 Å². The van der Waals surface area contributed by atoms with Gasteiger partial charge in [0.25, 0.3) is 0 Å². The number of hydrogen-bond acceptors (Lipinski definition) is 4. The first-order valence-electron chi connectivity index (χ1n) is 8.80. The Kier molecular flexibility index (Phi) is 4.51. The van der Waals surface area contributed by atoms with Crippen LogP contribution in [0.2, 0.25) is 0 Å². The first kappa shape index (κ1) is 20.2. The Labute approximate surface area is 170 Å². The molecule has 0 saturated heterocycles. The lowest BCUT2D eigenvalue weighted by molar-refractivity contribution is -0.140. The van der Waals surface area contributed by atoms with Crippen molar-refractivity contribution >= 4 is 37.4 Å². The molecule has 0 atom stereocenters. The number of nitrogens with zero attached hydrogens (tertiary/aromatic N) is 3. The number of anilines is 1. The summed E-state index contributed by atoms with van der Waals surface area (Å²) in [4.78, 5) is 1.76. The zero-order valence-corrected chi connectivity index (χ0v) is 16.8. The maximum Gasteiger partial charge on any atom is 0.435 e. The predicted molar refractivity (Wildman–Crippen MR) is 109 cm³/mol. The molecule has 0 fully saturated rings. The minimum Gasteiger partial charge on any atom is -0.378 e. The number of alkyl halides is 3. The molecule has 0 aliphatic heterocycles. The largest absolute Gasteiger partial charge is 0.435 e. The second-order valence-electron chi connectivity index (χ2n) is 7.06. The Bertz CT molecular complexity index is 1380. The molecule has 156 valence electrons. The van der Waals surface area contributed by atoms with Gasteiger partial charge in [-0.3, -0.25) is 0 Å². The van der Waals surface area contributed by atoms with Crippen LogP contribution in [0, 0.1) is 0 Å². The van der Waals surface area contributed by atoms with E-state index in [0.717, 1.165) is 11.1 Å². The van der Waals surface area contributed by atoms with E-state index in [1.54, 1.807) is 12.1 Å². The third kappa shape index (κ3) is 3.37. The highest BCUT2D eigenvalue weighted by molar-refractivity contribution is 7.89. The predicted octanol–water partition coefficient (Wildman–Crippen LogP) is 3.91. The van der Waals surface area contributed by atoms with E-state index in [0.29, 0.717) is 5.39 Å². The molecule has 0 amide bonds. The van der Waals surface area contributed by atoms with Crippen molar-refractivity contribution in [3.63, 3.8) is 0 Å². The van der Waals surface area contributed by atoms with Gasteiger partial charge in [-0.2, -0.15) is 18.3 Å². The summed E-state index contributed by atoms with van der Waals surface area (Å²) in [6, 6.07) is 13.7. The maximum absolute atomic E-state index is 13.7. The van der Waals surface area contributed by atoms with E-state index in [9.17, 15) is 21.6 Å². The summed E-state index contributed by atoms with van der Waals surface area (Å²) >= 11 is 0. The summed E-state index contributed by atoms with van der Waals surface area (Å²) in [6.45, 7) is 0. The number of rotatable bonds is 3. The molecule has 0 saturated carbocycles. The number of aromatic nitrogens is 2. The highest BCUT2D eigenvalue weighted by Gasteiger charge is 2.37. The number of halogens is 3. The van der Waals surface area contributed by atoms with Crippen molar-refractivity contribution in [2.75, 3.05) is 19.0 Å². The van der Waals surface area contributed by atoms with Crippen LogP contribution in [-0.4, -0.2) is 32.3 Å². The first-order chi connectivity index (χ1) is 14.0. The zero-order chi connectivity index (χ0) is 21.8. The van der Waals surface area contributed by atoms with Gasteiger partial charge in [-0.05, 0) is 47.9 Å². The van der Waals surface area contributed by atoms with Crippen molar-refractivity contribution in [1.82, 2.24) is 9.78 Å². The van der Waals surface area contributed by atoms with Gasteiger partial charge in [0.1, 0.15) is 0 Å². The monoisotopic (exact) mass is 434 g/mol. The number of primary sulfonamides is 1. The van der Waals surface area contributed by atoms with E-state index < -0.39 is 21.9 Å². The first-order valence-corrected chi connectivity index (χ1v) is 10.3. The van der Waals surface area contributed by atoms with Crippen molar-refractivity contribution in [2.24, 2.45) is 5.14 Å². The topological polar surface area (TPSA) is 81.2 Å². The molecule has 3 aromatic carbocycles. The fourth-order valence-corrected chi connectivity index (χ4v) is 3.89. The van der Waals surface area contributed by atoms with Crippen molar-refractivity contribution in [2.45, 2.75) is 11.1 Å². The van der Waals surface area contributed by atoms with Crippen LogP contribution >= 0.6 is 0 Å². The number of nitrogens with two attached hydrogens (primary N) is 1. The molecule has 0 aliphatic rings. The molecule has 0 aliphatic carbocycles. The average Bonchev–Trinajstić information content (AvgIpc) is 3.07. The lowest BCUT2D eigenvalue weighted by Crippen LogP contribution is -2.12. The lowest BCUT2D eigenvalue weighted by atomic mass is 10.0. The van der Waals surface area contributed by atoms with E-state index in [1.165, 1.54) is 35.0 Å². The second kappa shape index (κ2) is 6.71. The highest BCUT2D eigenvalue weighted by atomic mass is 32.2. The summed E-state index contributed by atoms with van der Waals surface area (Å²) in [5, 5.41) is 10.2. The van der Waals surface area contributed by atoms with Crippen LogP contribution in [0.1, 0.15) is 5.69 Å². The van der Waals surface area contributed by atoms with E-state index in [1.807, 2.05) is 31.1 Å². The molecular weight excluding hydrogens is 417 g/mol. The standard InChI is InChI=1S/C20H17F3N4O2S/c1-26(2)14-6-10-16-12(11-14)3-9-17-18(16)27(25-19(17)20(21,22)23)13-4-7-15(8-5-13)30(24,28)29/h3-11H,1-2H3,(H2,24,28,29). The minimum atomic E-state index is -4.65. The molecule has 0 unspecified atom stereocenters. The fraction of sp³-hybridized carbons (Fsp3) is 0.150. The Morgan fingerprint density at radius 2 is 1.60 bits per heavy atom. The summed E-state index contributed by atoms with van der Waals surface area (Å²) in [6.07, 6.45) is -4.65. The van der Waals surface area contributed by atoms with Gasteiger partial charge >= 0.3 is 6.18 Å². The quantitative estimate of drug-likeness (QED) is 0.530. The molecule has 0 spiro atoms. The Morgan fingerprint density at radius 1 is 0.967 bits per heavy atom. The number of fused-ring (bicyclic) bond motifs is 3. The van der Waals surface area contributed by atoms with Gasteiger partial charge in [-0.15, -0.1) is 0 Å².